The highest BCUT2D eigenvalue weighted by atomic mass is 19.1. The average molecular weight is 221 g/mol. The van der Waals surface area contributed by atoms with Crippen LogP contribution in [0.1, 0.15) is 20.3 Å². The van der Waals surface area contributed by atoms with Crippen molar-refractivity contribution in [1.29, 1.82) is 5.26 Å². The molecular formula is C13H16FNO. The van der Waals surface area contributed by atoms with Crippen LogP contribution in [0, 0.1) is 23.2 Å². The van der Waals surface area contributed by atoms with E-state index in [0.29, 0.717) is 6.42 Å². The van der Waals surface area contributed by atoms with E-state index in [1.165, 1.54) is 6.08 Å². The SMILES string of the molecule is CC1/C=C\C(C)C/C=C(C(O)C#N)\C(F)=C/1. The molecule has 1 rings (SSSR count). The minimum absolute atomic E-state index is 0.0326. The van der Waals surface area contributed by atoms with Gasteiger partial charge < -0.3 is 5.11 Å². The highest BCUT2D eigenvalue weighted by Gasteiger charge is 2.16. The Labute approximate surface area is 95.4 Å². The second-order valence-electron chi connectivity index (χ2n) is 4.16. The predicted octanol–water partition coefficient (Wildman–Crippen LogP) is 2.88. The Hall–Kier alpha value is -1.40. The second-order valence-corrected chi connectivity index (χ2v) is 4.16. The second kappa shape index (κ2) is 5.62. The van der Waals surface area contributed by atoms with Crippen molar-refractivity contribution in [1.82, 2.24) is 0 Å². The van der Waals surface area contributed by atoms with Gasteiger partial charge >= 0.3 is 0 Å². The number of hydrogen-bond donors (Lipinski definition) is 1. The Balaban J connectivity index is 3.05. The summed E-state index contributed by atoms with van der Waals surface area (Å²) in [4.78, 5) is 0. The predicted molar refractivity (Wildman–Crippen MR) is 61.0 cm³/mol. The maximum atomic E-state index is 13.7. The molecule has 0 bridgehead atoms. The highest BCUT2D eigenvalue weighted by molar-refractivity contribution is 5.34. The number of aliphatic hydroxyl groups excluding tert-OH is 1. The van der Waals surface area contributed by atoms with Crippen molar-refractivity contribution in [3.63, 3.8) is 0 Å². The monoisotopic (exact) mass is 221 g/mol. The summed E-state index contributed by atoms with van der Waals surface area (Å²) in [6.45, 7) is 3.88. The molecule has 3 atom stereocenters. The molecule has 0 saturated heterocycles. The lowest BCUT2D eigenvalue weighted by molar-refractivity contribution is 0.262. The number of nitriles is 1. The van der Waals surface area contributed by atoms with E-state index in [4.69, 9.17) is 5.26 Å². The summed E-state index contributed by atoms with van der Waals surface area (Å²) in [6.07, 6.45) is 6.22. The number of rotatable bonds is 1. The fourth-order valence-corrected chi connectivity index (χ4v) is 1.55. The highest BCUT2D eigenvalue weighted by Crippen LogP contribution is 2.23. The molecule has 86 valence electrons. The van der Waals surface area contributed by atoms with Gasteiger partial charge in [-0.15, -0.1) is 0 Å². The van der Waals surface area contributed by atoms with E-state index < -0.39 is 11.9 Å². The summed E-state index contributed by atoms with van der Waals surface area (Å²) in [5, 5.41) is 18.0. The van der Waals surface area contributed by atoms with Crippen molar-refractivity contribution >= 4 is 0 Å². The Morgan fingerprint density at radius 3 is 2.81 bits per heavy atom. The van der Waals surface area contributed by atoms with Crippen LogP contribution in [0.3, 0.4) is 0 Å². The van der Waals surface area contributed by atoms with Crippen LogP contribution in [0.2, 0.25) is 0 Å². The van der Waals surface area contributed by atoms with Gasteiger partial charge in [-0.2, -0.15) is 5.26 Å². The molecule has 1 aliphatic carbocycles. The Morgan fingerprint density at radius 1 is 1.50 bits per heavy atom. The molecule has 1 aliphatic rings. The van der Waals surface area contributed by atoms with Gasteiger partial charge in [0.1, 0.15) is 5.83 Å². The van der Waals surface area contributed by atoms with Crippen LogP contribution in [-0.2, 0) is 0 Å². The number of nitrogens with zero attached hydrogens (tertiary/aromatic N) is 1. The molecule has 0 amide bonds. The Bertz CT molecular complexity index is 376. The molecule has 0 heterocycles. The molecule has 0 aromatic carbocycles. The summed E-state index contributed by atoms with van der Waals surface area (Å²) in [5.41, 5.74) is 0.0879. The average Bonchev–Trinajstić information content (AvgIpc) is 2.30. The molecule has 3 heteroatoms. The summed E-state index contributed by atoms with van der Waals surface area (Å²) in [6, 6.07) is 1.65. The molecule has 1 N–H and O–H groups in total. The zero-order valence-corrected chi connectivity index (χ0v) is 9.52. The minimum atomic E-state index is -1.38. The smallest absolute Gasteiger partial charge is 0.168 e. The summed E-state index contributed by atoms with van der Waals surface area (Å²) in [5.74, 6) is -0.252. The zero-order chi connectivity index (χ0) is 12.1. The lowest BCUT2D eigenvalue weighted by Gasteiger charge is -2.07. The molecule has 0 spiro atoms. The minimum Gasteiger partial charge on any atom is -0.374 e. The number of allylic oxidation sites excluding steroid dienone is 4. The first-order valence-corrected chi connectivity index (χ1v) is 5.38. The molecule has 16 heavy (non-hydrogen) atoms. The first-order valence-electron chi connectivity index (χ1n) is 5.38. The van der Waals surface area contributed by atoms with Crippen LogP contribution in [-0.4, -0.2) is 11.2 Å². The van der Waals surface area contributed by atoms with Gasteiger partial charge in [0.05, 0.1) is 6.07 Å². The maximum Gasteiger partial charge on any atom is 0.168 e. The topological polar surface area (TPSA) is 44.0 Å². The van der Waals surface area contributed by atoms with Gasteiger partial charge in [0.25, 0.3) is 0 Å². The van der Waals surface area contributed by atoms with Crippen LogP contribution in [0.4, 0.5) is 4.39 Å². The molecule has 0 aromatic rings. The van der Waals surface area contributed by atoms with Gasteiger partial charge in [-0.1, -0.05) is 32.1 Å². The third-order valence-corrected chi connectivity index (χ3v) is 2.55. The van der Waals surface area contributed by atoms with Gasteiger partial charge in [0.2, 0.25) is 0 Å². The fourth-order valence-electron chi connectivity index (χ4n) is 1.55. The van der Waals surface area contributed by atoms with Crippen LogP contribution in [0.25, 0.3) is 0 Å². The van der Waals surface area contributed by atoms with E-state index in [-0.39, 0.29) is 17.4 Å². The van der Waals surface area contributed by atoms with Crippen LogP contribution < -0.4 is 0 Å². The van der Waals surface area contributed by atoms with Crippen LogP contribution in [0.15, 0.2) is 35.7 Å². The lowest BCUT2D eigenvalue weighted by Crippen LogP contribution is -2.08. The van der Waals surface area contributed by atoms with Gasteiger partial charge in [0, 0.05) is 5.57 Å². The van der Waals surface area contributed by atoms with Crippen LogP contribution in [0.5, 0.6) is 0 Å². The van der Waals surface area contributed by atoms with Gasteiger partial charge in [0.15, 0.2) is 6.10 Å². The van der Waals surface area contributed by atoms with E-state index in [2.05, 4.69) is 0 Å². The standard InChI is InChI=1S/C13H16FNO/c1-9-3-4-10(2)7-12(14)11(6-5-9)13(16)8-15/h3-4,6-7,9-10,13,16H,5H2,1-2H3/b4-3-,11-6+,12-7+. The molecule has 0 radical (unpaired) electrons. The van der Waals surface area contributed by atoms with E-state index in [9.17, 15) is 9.50 Å². The third kappa shape index (κ3) is 3.32. The van der Waals surface area contributed by atoms with E-state index >= 15 is 0 Å². The molecule has 0 saturated carbocycles. The molecule has 0 fully saturated rings. The van der Waals surface area contributed by atoms with Gasteiger partial charge in [-0.3, -0.25) is 0 Å². The van der Waals surface area contributed by atoms with Gasteiger partial charge in [-0.25, -0.2) is 4.39 Å². The largest absolute Gasteiger partial charge is 0.374 e. The summed E-state index contributed by atoms with van der Waals surface area (Å²) in [7, 11) is 0. The van der Waals surface area contributed by atoms with Crippen molar-refractivity contribution in [2.75, 3.05) is 0 Å². The summed E-state index contributed by atoms with van der Waals surface area (Å²) >= 11 is 0. The Kier molecular flexibility index (Phi) is 4.45. The quantitative estimate of drug-likeness (QED) is 0.546. The number of aliphatic hydroxyl groups is 1. The number of hydrogen-bond acceptors (Lipinski definition) is 2. The normalized spacial score (nSPS) is 36.4. The summed E-state index contributed by atoms with van der Waals surface area (Å²) < 4.78 is 13.7. The molecule has 2 nitrogen and oxygen atoms in total. The van der Waals surface area contributed by atoms with Gasteiger partial charge in [-0.05, 0) is 24.3 Å². The molecule has 3 unspecified atom stereocenters. The first-order chi connectivity index (χ1) is 7.54. The van der Waals surface area contributed by atoms with Crippen molar-refractivity contribution in [3.05, 3.63) is 35.7 Å². The van der Waals surface area contributed by atoms with Crippen molar-refractivity contribution in [2.24, 2.45) is 11.8 Å². The Morgan fingerprint density at radius 2 is 2.19 bits per heavy atom. The van der Waals surface area contributed by atoms with Crippen LogP contribution >= 0.6 is 0 Å². The van der Waals surface area contributed by atoms with E-state index in [0.717, 1.165) is 0 Å². The van der Waals surface area contributed by atoms with E-state index in [1.54, 1.807) is 12.1 Å². The van der Waals surface area contributed by atoms with E-state index in [1.807, 2.05) is 26.0 Å². The lowest BCUT2D eigenvalue weighted by atomic mass is 10.0. The fraction of sp³-hybridized carbons (Fsp3) is 0.462. The van der Waals surface area contributed by atoms with Crippen molar-refractivity contribution in [3.8, 4) is 6.07 Å². The zero-order valence-electron chi connectivity index (χ0n) is 9.52. The molecule has 0 aliphatic heterocycles. The van der Waals surface area contributed by atoms with Crippen molar-refractivity contribution in [2.45, 2.75) is 26.4 Å². The molecule has 0 aromatic heterocycles. The number of halogens is 1. The first kappa shape index (κ1) is 12.7. The van der Waals surface area contributed by atoms with Crippen molar-refractivity contribution < 1.29 is 9.50 Å². The third-order valence-electron chi connectivity index (χ3n) is 2.55. The maximum absolute atomic E-state index is 13.7. The molecular weight excluding hydrogens is 205 g/mol.